The van der Waals surface area contributed by atoms with E-state index in [0.29, 0.717) is 13.0 Å². The molecule has 2 aliphatic carbocycles. The van der Waals surface area contributed by atoms with Gasteiger partial charge in [-0.1, -0.05) is 6.42 Å². The van der Waals surface area contributed by atoms with Crippen molar-refractivity contribution in [1.29, 1.82) is 0 Å². The molecule has 4 heterocycles. The number of carbonyl (C=O) groups is 2. The van der Waals surface area contributed by atoms with Crippen molar-refractivity contribution in [2.24, 2.45) is 16.7 Å². The fourth-order valence-electron chi connectivity index (χ4n) is 8.18. The molecule has 6 aliphatic rings. The molecule has 0 aromatic heterocycles. The Bertz CT molecular complexity index is 824. The minimum atomic E-state index is -0.704. The first kappa shape index (κ1) is 20.4. The summed E-state index contributed by atoms with van der Waals surface area (Å²) < 4.78 is 36.8. The Kier molecular flexibility index (Phi) is 4.09. The molecule has 2 bridgehead atoms. The molecular weight excluding hydrogens is 404 g/mol. The van der Waals surface area contributed by atoms with E-state index in [1.165, 1.54) is 6.92 Å². The number of methoxy groups -OCH3 is 1. The van der Waals surface area contributed by atoms with E-state index in [2.05, 4.69) is 0 Å². The van der Waals surface area contributed by atoms with Crippen molar-refractivity contribution in [3.63, 3.8) is 0 Å². The molecule has 0 aromatic rings. The number of rotatable bonds is 2. The van der Waals surface area contributed by atoms with Gasteiger partial charge in [0, 0.05) is 51.0 Å². The van der Waals surface area contributed by atoms with Crippen LogP contribution in [0.1, 0.15) is 65.2 Å². The molecular formula is C23H32O8. The van der Waals surface area contributed by atoms with Crippen LogP contribution >= 0.6 is 0 Å². The smallest absolute Gasteiger partial charge is 0.312 e. The first-order valence-corrected chi connectivity index (χ1v) is 11.6. The third kappa shape index (κ3) is 2.40. The topological polar surface area (TPSA) is 92.8 Å². The van der Waals surface area contributed by atoms with E-state index in [1.807, 2.05) is 6.92 Å². The van der Waals surface area contributed by atoms with Gasteiger partial charge in [-0.25, -0.2) is 0 Å². The van der Waals surface area contributed by atoms with Gasteiger partial charge in [-0.2, -0.15) is 0 Å². The third-order valence-corrected chi connectivity index (χ3v) is 9.37. The van der Waals surface area contributed by atoms with Crippen molar-refractivity contribution < 1.29 is 38.0 Å². The number of cyclic esters (lactones) is 1. The summed E-state index contributed by atoms with van der Waals surface area (Å²) in [6, 6.07) is 0. The van der Waals surface area contributed by atoms with Crippen LogP contribution in [0.4, 0.5) is 0 Å². The van der Waals surface area contributed by atoms with Gasteiger partial charge in [0.05, 0.1) is 12.0 Å². The highest BCUT2D eigenvalue weighted by Gasteiger charge is 2.84. The van der Waals surface area contributed by atoms with E-state index in [1.54, 1.807) is 7.11 Å². The highest BCUT2D eigenvalue weighted by molar-refractivity contribution is 5.79. The Hall–Kier alpha value is -1.22. The summed E-state index contributed by atoms with van der Waals surface area (Å²) in [7, 11) is 1.66. The zero-order valence-electron chi connectivity index (χ0n) is 18.6. The summed E-state index contributed by atoms with van der Waals surface area (Å²) in [5.41, 5.74) is -2.35. The molecule has 2 saturated carbocycles. The van der Waals surface area contributed by atoms with Crippen molar-refractivity contribution in [1.82, 2.24) is 0 Å². The van der Waals surface area contributed by atoms with Crippen molar-refractivity contribution >= 4 is 11.9 Å². The van der Waals surface area contributed by atoms with Gasteiger partial charge in [0.25, 0.3) is 0 Å². The first-order chi connectivity index (χ1) is 14.7. The van der Waals surface area contributed by atoms with Gasteiger partial charge < -0.3 is 28.4 Å². The maximum absolute atomic E-state index is 13.0. The Morgan fingerprint density at radius 3 is 2.61 bits per heavy atom. The van der Waals surface area contributed by atoms with Gasteiger partial charge in [-0.05, 0) is 26.2 Å². The van der Waals surface area contributed by atoms with Gasteiger partial charge in [0.1, 0.15) is 23.9 Å². The summed E-state index contributed by atoms with van der Waals surface area (Å²) in [6.45, 7) is 4.27. The van der Waals surface area contributed by atoms with E-state index in [-0.39, 0.29) is 36.9 Å². The molecule has 172 valence electrons. The molecule has 4 saturated heterocycles. The van der Waals surface area contributed by atoms with Crippen molar-refractivity contribution in [3.8, 4) is 0 Å². The zero-order chi connectivity index (χ0) is 21.7. The molecule has 0 radical (unpaired) electrons. The lowest BCUT2D eigenvalue weighted by atomic mass is 9.41. The quantitative estimate of drug-likeness (QED) is 0.482. The number of hydrogen-bond acceptors (Lipinski definition) is 8. The normalized spacial score (nSPS) is 54.8. The average Bonchev–Trinajstić information content (AvgIpc) is 3.23. The van der Waals surface area contributed by atoms with E-state index < -0.39 is 27.8 Å². The monoisotopic (exact) mass is 436 g/mol. The maximum Gasteiger partial charge on any atom is 0.312 e. The first-order valence-electron chi connectivity index (χ1n) is 11.6. The minimum Gasteiger partial charge on any atom is -0.465 e. The standard InChI is InChI=1S/C23H32O8/c1-14(24)29-15-11-21(13-28-21)23(10-9-22(31-23)8-5-16(26-3)30-22)20-7-4-6-19(2,17(15)20)18(25)27-12-20/h15-17H,4-13H2,1-3H3/t15-,16+,17+,19+,20-,21-,22+,23+/m1/s1. The number of esters is 2. The van der Waals surface area contributed by atoms with Crippen LogP contribution in [0, 0.1) is 16.7 Å². The van der Waals surface area contributed by atoms with Crippen LogP contribution in [0.3, 0.4) is 0 Å². The summed E-state index contributed by atoms with van der Waals surface area (Å²) in [5, 5.41) is 0. The van der Waals surface area contributed by atoms with Crippen molar-refractivity contribution in [2.75, 3.05) is 20.3 Å². The van der Waals surface area contributed by atoms with Crippen LogP contribution in [0.15, 0.2) is 0 Å². The van der Waals surface area contributed by atoms with Crippen molar-refractivity contribution in [2.45, 2.75) is 94.6 Å². The van der Waals surface area contributed by atoms with Crippen LogP contribution < -0.4 is 0 Å². The van der Waals surface area contributed by atoms with Gasteiger partial charge in [-0.15, -0.1) is 0 Å². The second kappa shape index (κ2) is 6.22. The predicted octanol–water partition coefficient (Wildman–Crippen LogP) is 2.47. The number of carbonyl (C=O) groups excluding carboxylic acids is 2. The second-order valence-corrected chi connectivity index (χ2v) is 10.8. The molecule has 3 spiro atoms. The largest absolute Gasteiger partial charge is 0.465 e. The fraction of sp³-hybridized carbons (Fsp3) is 0.913. The molecule has 6 rings (SSSR count). The van der Waals surface area contributed by atoms with Gasteiger partial charge in [0.15, 0.2) is 12.1 Å². The molecule has 6 fully saturated rings. The van der Waals surface area contributed by atoms with Crippen LogP contribution in [0.5, 0.6) is 0 Å². The molecule has 31 heavy (non-hydrogen) atoms. The van der Waals surface area contributed by atoms with Gasteiger partial charge in [-0.3, -0.25) is 9.59 Å². The molecule has 8 nitrogen and oxygen atoms in total. The molecule has 0 unspecified atom stereocenters. The number of fused-ring (bicyclic) bond motifs is 1. The minimum absolute atomic E-state index is 0.163. The predicted molar refractivity (Wildman–Crippen MR) is 105 cm³/mol. The number of ether oxygens (including phenoxy) is 6. The second-order valence-electron chi connectivity index (χ2n) is 10.8. The number of hydrogen-bond donors (Lipinski definition) is 0. The maximum atomic E-state index is 13.0. The van der Waals surface area contributed by atoms with E-state index >= 15 is 0 Å². The lowest BCUT2D eigenvalue weighted by molar-refractivity contribution is -0.349. The van der Waals surface area contributed by atoms with E-state index in [9.17, 15) is 9.59 Å². The molecule has 8 heteroatoms. The Morgan fingerprint density at radius 1 is 1.13 bits per heavy atom. The average molecular weight is 437 g/mol. The van der Waals surface area contributed by atoms with Crippen molar-refractivity contribution in [3.05, 3.63) is 0 Å². The molecule has 0 aromatic carbocycles. The molecule has 8 atom stereocenters. The highest BCUT2D eigenvalue weighted by atomic mass is 16.8. The van der Waals surface area contributed by atoms with Crippen LogP contribution in [-0.2, 0) is 38.0 Å². The molecule has 4 aliphatic heterocycles. The fourth-order valence-corrected chi connectivity index (χ4v) is 8.18. The highest BCUT2D eigenvalue weighted by Crippen LogP contribution is 2.74. The summed E-state index contributed by atoms with van der Waals surface area (Å²) in [4.78, 5) is 25.1. The molecule has 0 amide bonds. The van der Waals surface area contributed by atoms with Gasteiger partial charge in [0.2, 0.25) is 0 Å². The Morgan fingerprint density at radius 2 is 1.94 bits per heavy atom. The van der Waals surface area contributed by atoms with Crippen LogP contribution in [0.2, 0.25) is 0 Å². The summed E-state index contributed by atoms with van der Waals surface area (Å²) >= 11 is 0. The summed E-state index contributed by atoms with van der Waals surface area (Å²) in [5.74, 6) is -1.36. The zero-order valence-corrected chi connectivity index (χ0v) is 18.6. The molecule has 0 N–H and O–H groups in total. The Balaban J connectivity index is 1.47. The van der Waals surface area contributed by atoms with Crippen LogP contribution in [-0.4, -0.2) is 61.6 Å². The number of epoxide rings is 1. The lowest BCUT2D eigenvalue weighted by Gasteiger charge is -2.67. The van der Waals surface area contributed by atoms with E-state index in [0.717, 1.165) is 44.9 Å². The lowest BCUT2D eigenvalue weighted by Crippen LogP contribution is -2.76. The third-order valence-electron chi connectivity index (χ3n) is 9.37. The SMILES string of the molecule is CO[C@@H]1CC[C@]2(CC[C@@]3(O2)[C@]2(CO2)C[C@@H](OC(C)=O)[C@@H]2[C@]34CCC[C@]2(C)C(=O)OC4)O1. The van der Waals surface area contributed by atoms with Crippen LogP contribution in [0.25, 0.3) is 0 Å². The summed E-state index contributed by atoms with van der Waals surface area (Å²) in [6.07, 6.45) is 5.48. The Labute approximate surface area is 182 Å². The van der Waals surface area contributed by atoms with Gasteiger partial charge >= 0.3 is 11.9 Å². The van der Waals surface area contributed by atoms with E-state index in [4.69, 9.17) is 28.4 Å².